The van der Waals surface area contributed by atoms with Crippen LogP contribution in [0.4, 0.5) is 0 Å². The second kappa shape index (κ2) is 9.86. The van der Waals surface area contributed by atoms with Crippen LogP contribution in [0, 0.1) is 0 Å². The largest absolute Gasteiger partial charge is 0.472 e. The zero-order chi connectivity index (χ0) is 21.6. The van der Waals surface area contributed by atoms with Gasteiger partial charge in [-0.1, -0.05) is 41.0 Å². The second-order valence-electron chi connectivity index (χ2n) is 6.89. The van der Waals surface area contributed by atoms with Crippen LogP contribution in [0.1, 0.15) is 35.8 Å². The summed E-state index contributed by atoms with van der Waals surface area (Å²) in [7, 11) is 3.17. The molecule has 31 heavy (non-hydrogen) atoms. The predicted octanol–water partition coefficient (Wildman–Crippen LogP) is 3.74. The standard InChI is InChI=1S/C21H22ClN5O4/c1-23-30-12-18(27-28-2)16-6-4-3-5-14(16)11-29-21-17(22)9-15(10-24-21)20-26-25-19(31-20)13-7-8-13/h3-6,9-10,13,23H,7-8,11-12H2,1-2H3. The molecule has 0 aliphatic heterocycles. The summed E-state index contributed by atoms with van der Waals surface area (Å²) in [6, 6.07) is 9.37. The summed E-state index contributed by atoms with van der Waals surface area (Å²) in [5, 5.41) is 12.6. The van der Waals surface area contributed by atoms with Gasteiger partial charge in [0.25, 0.3) is 0 Å². The molecule has 0 radical (unpaired) electrons. The first kappa shape index (κ1) is 21.2. The third-order valence-electron chi connectivity index (χ3n) is 4.67. The molecule has 0 unspecified atom stereocenters. The van der Waals surface area contributed by atoms with Crippen molar-refractivity contribution in [3.05, 3.63) is 58.6 Å². The van der Waals surface area contributed by atoms with E-state index in [1.165, 1.54) is 7.11 Å². The zero-order valence-corrected chi connectivity index (χ0v) is 17.9. The molecule has 3 aromatic rings. The molecule has 0 saturated heterocycles. The maximum absolute atomic E-state index is 6.40. The Morgan fingerprint density at radius 1 is 1.29 bits per heavy atom. The predicted molar refractivity (Wildman–Crippen MR) is 114 cm³/mol. The Kier molecular flexibility index (Phi) is 6.76. The van der Waals surface area contributed by atoms with Gasteiger partial charge in [-0.05, 0) is 24.5 Å². The third kappa shape index (κ3) is 5.19. The maximum atomic E-state index is 6.40. The maximum Gasteiger partial charge on any atom is 0.249 e. The fraction of sp³-hybridized carbons (Fsp3) is 0.333. The average Bonchev–Trinajstić information content (AvgIpc) is 3.52. The summed E-state index contributed by atoms with van der Waals surface area (Å²) in [6.07, 6.45) is 3.79. The highest BCUT2D eigenvalue weighted by Gasteiger charge is 2.29. The SMILES string of the molecule is CNOCC(=NOC)c1ccccc1COc1ncc(-c2nnc(C3CC3)o2)cc1Cl. The number of hydrogen-bond donors (Lipinski definition) is 1. The summed E-state index contributed by atoms with van der Waals surface area (Å²) in [5.74, 6) is 1.76. The smallest absolute Gasteiger partial charge is 0.249 e. The number of nitrogens with one attached hydrogen (secondary N) is 1. The van der Waals surface area contributed by atoms with Gasteiger partial charge in [0.2, 0.25) is 17.7 Å². The van der Waals surface area contributed by atoms with Crippen molar-refractivity contribution < 1.29 is 18.8 Å². The Bertz CT molecular complexity index is 1070. The summed E-state index contributed by atoms with van der Waals surface area (Å²) in [4.78, 5) is 14.5. The van der Waals surface area contributed by atoms with E-state index in [0.29, 0.717) is 39.9 Å². The molecule has 4 rings (SSSR count). The first-order valence-electron chi connectivity index (χ1n) is 9.78. The highest BCUT2D eigenvalue weighted by Crippen LogP contribution is 2.40. The average molecular weight is 444 g/mol. The molecule has 162 valence electrons. The van der Waals surface area contributed by atoms with E-state index in [1.807, 2.05) is 24.3 Å². The number of nitrogens with zero attached hydrogens (tertiary/aromatic N) is 4. The van der Waals surface area contributed by atoms with Gasteiger partial charge in [0.1, 0.15) is 31.1 Å². The van der Waals surface area contributed by atoms with Crippen LogP contribution in [-0.4, -0.2) is 41.7 Å². The molecule has 2 aromatic heterocycles. The van der Waals surface area contributed by atoms with Crippen molar-refractivity contribution in [2.75, 3.05) is 20.8 Å². The van der Waals surface area contributed by atoms with Crippen molar-refractivity contribution in [3.63, 3.8) is 0 Å². The molecule has 0 atom stereocenters. The van der Waals surface area contributed by atoms with Crippen molar-refractivity contribution in [3.8, 4) is 17.3 Å². The van der Waals surface area contributed by atoms with Crippen LogP contribution in [0.25, 0.3) is 11.5 Å². The zero-order valence-electron chi connectivity index (χ0n) is 17.2. The molecule has 1 aliphatic carbocycles. The van der Waals surface area contributed by atoms with Crippen LogP contribution >= 0.6 is 11.6 Å². The molecule has 1 fully saturated rings. The number of hydrogen-bond acceptors (Lipinski definition) is 9. The number of pyridine rings is 1. The van der Waals surface area contributed by atoms with Gasteiger partial charge in [0.05, 0.1) is 5.56 Å². The molecular weight excluding hydrogens is 422 g/mol. The van der Waals surface area contributed by atoms with Crippen molar-refractivity contribution in [1.82, 2.24) is 20.7 Å². The van der Waals surface area contributed by atoms with Crippen LogP contribution in [0.3, 0.4) is 0 Å². The van der Waals surface area contributed by atoms with Crippen molar-refractivity contribution in [1.29, 1.82) is 0 Å². The Morgan fingerprint density at radius 2 is 2.13 bits per heavy atom. The van der Waals surface area contributed by atoms with Crippen LogP contribution in [0.15, 0.2) is 46.1 Å². The van der Waals surface area contributed by atoms with Gasteiger partial charge >= 0.3 is 0 Å². The summed E-state index contributed by atoms with van der Waals surface area (Å²) >= 11 is 6.40. The molecule has 9 nitrogen and oxygen atoms in total. The normalized spacial score (nSPS) is 14.0. The number of oxime groups is 1. The lowest BCUT2D eigenvalue weighted by molar-refractivity contribution is 0.0866. The minimum Gasteiger partial charge on any atom is -0.472 e. The number of benzene rings is 1. The van der Waals surface area contributed by atoms with E-state index in [0.717, 1.165) is 24.0 Å². The highest BCUT2D eigenvalue weighted by molar-refractivity contribution is 6.32. The number of aromatic nitrogens is 3. The minimum atomic E-state index is 0.224. The monoisotopic (exact) mass is 443 g/mol. The van der Waals surface area contributed by atoms with Gasteiger partial charge in [-0.15, -0.1) is 10.2 Å². The molecule has 0 bridgehead atoms. The van der Waals surface area contributed by atoms with Gasteiger partial charge in [-0.25, -0.2) is 10.5 Å². The topological polar surface area (TPSA) is 104 Å². The van der Waals surface area contributed by atoms with E-state index in [2.05, 4.69) is 25.8 Å². The van der Waals surface area contributed by atoms with E-state index in [4.69, 9.17) is 30.4 Å². The van der Waals surface area contributed by atoms with Gasteiger partial charge < -0.3 is 14.0 Å². The van der Waals surface area contributed by atoms with Crippen molar-refractivity contribution in [2.45, 2.75) is 25.4 Å². The summed E-state index contributed by atoms with van der Waals surface area (Å²) in [6.45, 7) is 0.457. The molecule has 0 spiro atoms. The lowest BCUT2D eigenvalue weighted by atomic mass is 10.0. The number of hydroxylamine groups is 1. The van der Waals surface area contributed by atoms with Gasteiger partial charge in [0, 0.05) is 24.7 Å². The fourth-order valence-corrected chi connectivity index (χ4v) is 3.19. The molecule has 1 N–H and O–H groups in total. The number of halogens is 1. The summed E-state index contributed by atoms with van der Waals surface area (Å²) < 4.78 is 11.6. The molecule has 0 amide bonds. The Balaban J connectivity index is 1.48. The van der Waals surface area contributed by atoms with Crippen molar-refractivity contribution in [2.24, 2.45) is 5.16 Å². The lowest BCUT2D eigenvalue weighted by Gasteiger charge is -2.13. The van der Waals surface area contributed by atoms with Gasteiger partial charge in [-0.3, -0.25) is 4.84 Å². The van der Waals surface area contributed by atoms with E-state index in [9.17, 15) is 0 Å². The van der Waals surface area contributed by atoms with E-state index in [1.54, 1.807) is 19.3 Å². The van der Waals surface area contributed by atoms with Gasteiger partial charge in [-0.2, -0.15) is 0 Å². The number of rotatable bonds is 10. The molecule has 2 heterocycles. The molecular formula is C21H22ClN5O4. The highest BCUT2D eigenvalue weighted by atomic mass is 35.5. The van der Waals surface area contributed by atoms with Crippen LogP contribution in [0.5, 0.6) is 5.88 Å². The summed E-state index contributed by atoms with van der Waals surface area (Å²) in [5.41, 5.74) is 5.62. The quantitative estimate of drug-likeness (QED) is 0.373. The number of ether oxygens (including phenoxy) is 1. The third-order valence-corrected chi connectivity index (χ3v) is 4.94. The van der Waals surface area contributed by atoms with Crippen LogP contribution < -0.4 is 10.2 Å². The van der Waals surface area contributed by atoms with E-state index in [-0.39, 0.29) is 13.2 Å². The van der Waals surface area contributed by atoms with E-state index < -0.39 is 0 Å². The van der Waals surface area contributed by atoms with Crippen LogP contribution in [0.2, 0.25) is 5.02 Å². The second-order valence-corrected chi connectivity index (χ2v) is 7.30. The first-order chi connectivity index (χ1) is 15.2. The van der Waals surface area contributed by atoms with Crippen LogP contribution in [-0.2, 0) is 16.3 Å². The molecule has 10 heteroatoms. The molecule has 1 saturated carbocycles. The Labute approximate surface area is 184 Å². The van der Waals surface area contributed by atoms with Gasteiger partial charge in [0.15, 0.2) is 0 Å². The molecule has 1 aromatic carbocycles. The molecule has 1 aliphatic rings. The Hall–Kier alpha value is -3.01. The fourth-order valence-electron chi connectivity index (χ4n) is 2.97. The Morgan fingerprint density at radius 3 is 2.87 bits per heavy atom. The first-order valence-corrected chi connectivity index (χ1v) is 10.2. The van der Waals surface area contributed by atoms with E-state index >= 15 is 0 Å². The lowest BCUT2D eigenvalue weighted by Crippen LogP contribution is -2.19. The minimum absolute atomic E-state index is 0.224. The van der Waals surface area contributed by atoms with Crippen molar-refractivity contribution >= 4 is 17.3 Å².